The summed E-state index contributed by atoms with van der Waals surface area (Å²) >= 11 is 0. The third-order valence-electron chi connectivity index (χ3n) is 4.67. The lowest BCUT2D eigenvalue weighted by Gasteiger charge is -2.21. The number of rotatable bonds is 5. The molecular formula is C23H18NO5-. The molecular weight excluding hydrogens is 370 g/mol. The second-order valence-electron chi connectivity index (χ2n) is 6.61. The summed E-state index contributed by atoms with van der Waals surface area (Å²) in [5.41, 5.74) is 2.73. The van der Waals surface area contributed by atoms with Crippen LogP contribution in [0.4, 0.5) is 5.69 Å². The summed E-state index contributed by atoms with van der Waals surface area (Å²) in [4.78, 5) is 13.0. The van der Waals surface area contributed by atoms with Crippen LogP contribution >= 0.6 is 0 Å². The lowest BCUT2D eigenvalue weighted by molar-refractivity contribution is 0.295. The molecule has 1 heterocycles. The fraction of sp³-hybridized carbons (Fsp3) is 0.0870. The van der Waals surface area contributed by atoms with Gasteiger partial charge in [0.15, 0.2) is 0 Å². The molecule has 0 aliphatic rings. The minimum atomic E-state index is -0.192. The summed E-state index contributed by atoms with van der Waals surface area (Å²) in [6, 6.07) is 20.9. The standard InChI is InChI=1S/C23H18NO5/c1-15-22(17-5-3-2-4-6-17)23(25)20-12-11-19(13-21(20)29-15)28-14-16-7-9-18(10-8-16)24(26)27/h2-13,26H,14H2,1H3/q-1. The van der Waals surface area contributed by atoms with Gasteiger partial charge in [0, 0.05) is 6.07 Å². The molecule has 0 aliphatic carbocycles. The number of ether oxygens (including phenoxy) is 1. The average molecular weight is 388 g/mol. The zero-order valence-electron chi connectivity index (χ0n) is 15.7. The van der Waals surface area contributed by atoms with Crippen LogP contribution in [-0.4, -0.2) is 5.21 Å². The molecule has 3 aromatic carbocycles. The largest absolute Gasteiger partial charge is 0.733 e. The summed E-state index contributed by atoms with van der Waals surface area (Å²) < 4.78 is 11.7. The van der Waals surface area contributed by atoms with Crippen LogP contribution in [-0.2, 0) is 6.61 Å². The van der Waals surface area contributed by atoms with Gasteiger partial charge in [-0.3, -0.25) is 10.0 Å². The number of fused-ring (bicyclic) bond motifs is 1. The van der Waals surface area contributed by atoms with Crippen LogP contribution in [0, 0.1) is 12.1 Å². The number of nitrogens with zero attached hydrogens (tertiary/aromatic N) is 1. The quantitative estimate of drug-likeness (QED) is 0.482. The number of anilines is 1. The lowest BCUT2D eigenvalue weighted by atomic mass is 10.0. The molecule has 0 bridgehead atoms. The Hall–Kier alpha value is -3.61. The van der Waals surface area contributed by atoms with Crippen LogP contribution in [0.15, 0.2) is 82.0 Å². The van der Waals surface area contributed by atoms with Gasteiger partial charge in [-0.05, 0) is 42.3 Å². The maximum atomic E-state index is 13.0. The number of benzene rings is 3. The van der Waals surface area contributed by atoms with Crippen molar-refractivity contribution in [2.45, 2.75) is 13.5 Å². The van der Waals surface area contributed by atoms with Crippen LogP contribution in [0.3, 0.4) is 0 Å². The van der Waals surface area contributed by atoms with E-state index >= 15 is 0 Å². The lowest BCUT2D eigenvalue weighted by Crippen LogP contribution is -2.08. The van der Waals surface area contributed by atoms with Crippen molar-refractivity contribution in [3.8, 4) is 16.9 Å². The van der Waals surface area contributed by atoms with Gasteiger partial charge in [0.05, 0.1) is 16.6 Å². The molecule has 0 spiro atoms. The molecule has 0 unspecified atom stereocenters. The highest BCUT2D eigenvalue weighted by atomic mass is 16.8. The predicted molar refractivity (Wildman–Crippen MR) is 111 cm³/mol. The third-order valence-corrected chi connectivity index (χ3v) is 4.67. The molecule has 0 saturated carbocycles. The molecule has 0 fully saturated rings. The Balaban J connectivity index is 1.60. The highest BCUT2D eigenvalue weighted by Crippen LogP contribution is 2.26. The van der Waals surface area contributed by atoms with Crippen LogP contribution < -0.4 is 15.4 Å². The molecule has 4 rings (SSSR count). The first-order chi connectivity index (χ1) is 14.0. The van der Waals surface area contributed by atoms with Gasteiger partial charge >= 0.3 is 0 Å². The van der Waals surface area contributed by atoms with Crippen molar-refractivity contribution in [2.75, 3.05) is 5.23 Å². The highest BCUT2D eigenvalue weighted by molar-refractivity contribution is 5.83. The van der Waals surface area contributed by atoms with E-state index in [0.717, 1.165) is 11.1 Å². The van der Waals surface area contributed by atoms with Gasteiger partial charge in [-0.1, -0.05) is 42.5 Å². The average Bonchev–Trinajstić information content (AvgIpc) is 2.73. The first-order valence-electron chi connectivity index (χ1n) is 9.03. The van der Waals surface area contributed by atoms with Gasteiger partial charge < -0.3 is 19.6 Å². The Kier molecular flexibility index (Phi) is 5.03. The monoisotopic (exact) mass is 388 g/mol. The fourth-order valence-electron chi connectivity index (χ4n) is 3.20. The minimum absolute atomic E-state index is 0.0803. The van der Waals surface area contributed by atoms with Crippen LogP contribution in [0.5, 0.6) is 5.75 Å². The third kappa shape index (κ3) is 3.85. The van der Waals surface area contributed by atoms with E-state index in [2.05, 4.69) is 0 Å². The molecule has 29 heavy (non-hydrogen) atoms. The Labute approximate surface area is 166 Å². The van der Waals surface area contributed by atoms with Crippen LogP contribution in [0.2, 0.25) is 0 Å². The second kappa shape index (κ2) is 7.79. The van der Waals surface area contributed by atoms with E-state index in [-0.39, 0.29) is 22.9 Å². The second-order valence-corrected chi connectivity index (χ2v) is 6.61. The first kappa shape index (κ1) is 18.7. The summed E-state index contributed by atoms with van der Waals surface area (Å²) in [5, 5.41) is 20.0. The Morgan fingerprint density at radius 2 is 1.76 bits per heavy atom. The van der Waals surface area contributed by atoms with E-state index < -0.39 is 0 Å². The molecule has 0 radical (unpaired) electrons. The molecule has 1 N–H and O–H groups in total. The Bertz CT molecular complexity index is 1200. The number of hydrogen-bond acceptors (Lipinski definition) is 6. The molecule has 0 amide bonds. The zero-order chi connectivity index (χ0) is 20.4. The molecule has 0 aliphatic heterocycles. The Morgan fingerprint density at radius 3 is 2.45 bits per heavy atom. The van der Waals surface area contributed by atoms with Gasteiger partial charge in [-0.25, -0.2) is 0 Å². The van der Waals surface area contributed by atoms with E-state index in [1.165, 1.54) is 12.1 Å². The van der Waals surface area contributed by atoms with Gasteiger partial charge in [0.25, 0.3) is 0 Å². The maximum Gasteiger partial charge on any atom is 0.200 e. The maximum absolute atomic E-state index is 13.0. The molecule has 4 aromatic rings. The summed E-state index contributed by atoms with van der Waals surface area (Å²) in [6.07, 6.45) is 0. The van der Waals surface area contributed by atoms with E-state index in [1.807, 2.05) is 30.3 Å². The fourth-order valence-corrected chi connectivity index (χ4v) is 3.20. The van der Waals surface area contributed by atoms with E-state index in [0.29, 0.717) is 28.0 Å². The van der Waals surface area contributed by atoms with Crippen molar-refractivity contribution >= 4 is 16.7 Å². The zero-order valence-corrected chi connectivity index (χ0v) is 15.7. The normalized spacial score (nSPS) is 10.9. The van der Waals surface area contributed by atoms with E-state index in [9.17, 15) is 10.0 Å². The summed E-state index contributed by atoms with van der Waals surface area (Å²) in [7, 11) is 0. The van der Waals surface area contributed by atoms with Crippen molar-refractivity contribution in [3.05, 3.63) is 99.6 Å². The van der Waals surface area contributed by atoms with Crippen LogP contribution in [0.1, 0.15) is 11.3 Å². The van der Waals surface area contributed by atoms with Crippen LogP contribution in [0.25, 0.3) is 22.1 Å². The van der Waals surface area contributed by atoms with Crippen molar-refractivity contribution in [1.29, 1.82) is 0 Å². The summed E-state index contributed by atoms with van der Waals surface area (Å²) in [5.74, 6) is 1.11. The minimum Gasteiger partial charge on any atom is -0.733 e. The topological polar surface area (TPSA) is 86.0 Å². The number of aryl methyl sites for hydroxylation is 1. The molecule has 1 aromatic heterocycles. The summed E-state index contributed by atoms with van der Waals surface area (Å²) in [6.45, 7) is 2.04. The molecule has 146 valence electrons. The molecule has 0 atom stereocenters. The van der Waals surface area contributed by atoms with Gasteiger partial charge in [-0.2, -0.15) is 0 Å². The smallest absolute Gasteiger partial charge is 0.200 e. The number of hydrogen-bond donors (Lipinski definition) is 1. The van der Waals surface area contributed by atoms with Crippen molar-refractivity contribution < 1.29 is 14.4 Å². The van der Waals surface area contributed by atoms with E-state index in [4.69, 9.17) is 14.4 Å². The predicted octanol–water partition coefficient (Wildman–Crippen LogP) is 5.04. The molecule has 6 heteroatoms. The molecule has 0 saturated heterocycles. The van der Waals surface area contributed by atoms with Gasteiger partial charge in [-0.15, -0.1) is 0 Å². The van der Waals surface area contributed by atoms with Crippen molar-refractivity contribution in [3.63, 3.8) is 0 Å². The molecule has 6 nitrogen and oxygen atoms in total. The van der Waals surface area contributed by atoms with E-state index in [1.54, 1.807) is 37.3 Å². The SMILES string of the molecule is Cc1oc2cc(OCc3ccc(N([O-])O)cc3)ccc2c(=O)c1-c1ccccc1. The van der Waals surface area contributed by atoms with Gasteiger partial charge in [0.1, 0.15) is 23.7 Å². The van der Waals surface area contributed by atoms with Crippen molar-refractivity contribution in [2.24, 2.45) is 0 Å². The Morgan fingerprint density at radius 1 is 1.03 bits per heavy atom. The van der Waals surface area contributed by atoms with Gasteiger partial charge in [0.2, 0.25) is 5.43 Å². The first-order valence-corrected chi connectivity index (χ1v) is 9.03. The highest BCUT2D eigenvalue weighted by Gasteiger charge is 2.14. The van der Waals surface area contributed by atoms with Crippen molar-refractivity contribution in [1.82, 2.24) is 0 Å².